The molecule has 2 aromatic carbocycles. The van der Waals surface area contributed by atoms with E-state index in [9.17, 15) is 9.18 Å². The maximum Gasteiger partial charge on any atom is 0.256 e. The van der Waals surface area contributed by atoms with E-state index in [0.29, 0.717) is 5.56 Å². The van der Waals surface area contributed by atoms with Gasteiger partial charge in [-0.25, -0.2) is 4.39 Å². The lowest BCUT2D eigenvalue weighted by Crippen LogP contribution is -2.15. The van der Waals surface area contributed by atoms with Crippen LogP contribution in [0.25, 0.3) is 0 Å². The van der Waals surface area contributed by atoms with Crippen LogP contribution in [-0.4, -0.2) is 24.4 Å². The van der Waals surface area contributed by atoms with Gasteiger partial charge in [-0.3, -0.25) is 4.79 Å². The molecule has 1 N–H and O–H groups in total. The number of hydrogen-bond acceptors (Lipinski definition) is 3. The third kappa shape index (κ3) is 4.09. The minimum atomic E-state index is -0.628. The number of carbonyl (C=O) groups is 1. The molecule has 24 heavy (non-hydrogen) atoms. The molecule has 3 rings (SSSR count). The van der Waals surface area contributed by atoms with Gasteiger partial charge >= 0.3 is 0 Å². The van der Waals surface area contributed by atoms with Gasteiger partial charge in [-0.1, -0.05) is 29.8 Å². The van der Waals surface area contributed by atoms with Crippen molar-refractivity contribution in [1.82, 2.24) is 0 Å². The molecule has 3 nitrogen and oxygen atoms in total. The first-order valence-corrected chi connectivity index (χ1v) is 9.10. The summed E-state index contributed by atoms with van der Waals surface area (Å²) < 4.78 is 19.6. The molecule has 2 aromatic rings. The monoisotopic (exact) mass is 365 g/mol. The minimum Gasteiger partial charge on any atom is -0.377 e. The lowest BCUT2D eigenvalue weighted by atomic mass is 10.2. The quantitative estimate of drug-likeness (QED) is 0.757. The molecule has 6 heteroatoms. The number of halogens is 2. The molecule has 0 unspecified atom stereocenters. The fourth-order valence-electron chi connectivity index (χ4n) is 2.53. The van der Waals surface area contributed by atoms with E-state index < -0.39 is 5.82 Å². The van der Waals surface area contributed by atoms with Crippen LogP contribution in [0.5, 0.6) is 0 Å². The molecule has 126 valence electrons. The number of benzene rings is 2. The third-order valence-electron chi connectivity index (χ3n) is 3.78. The van der Waals surface area contributed by atoms with Crippen molar-refractivity contribution < 1.29 is 13.9 Å². The summed E-state index contributed by atoms with van der Waals surface area (Å²) in [5.41, 5.74) is 0.589. The lowest BCUT2D eigenvalue weighted by Gasteiger charge is -2.13. The molecule has 0 aliphatic carbocycles. The van der Waals surface area contributed by atoms with Crippen LogP contribution in [0.2, 0.25) is 5.02 Å². The van der Waals surface area contributed by atoms with Gasteiger partial charge < -0.3 is 10.1 Å². The van der Waals surface area contributed by atoms with Crippen LogP contribution in [0.4, 0.5) is 10.1 Å². The second-order valence-electron chi connectivity index (χ2n) is 5.50. The number of anilines is 1. The summed E-state index contributed by atoms with van der Waals surface area (Å²) in [6.45, 7) is 0.807. The Balaban J connectivity index is 1.73. The Morgan fingerprint density at radius 1 is 1.29 bits per heavy atom. The van der Waals surface area contributed by atoms with Crippen molar-refractivity contribution in [2.24, 2.45) is 0 Å². The van der Waals surface area contributed by atoms with E-state index in [2.05, 4.69) is 5.32 Å². The highest BCUT2D eigenvalue weighted by Crippen LogP contribution is 2.28. The van der Waals surface area contributed by atoms with E-state index in [0.717, 1.165) is 30.1 Å². The van der Waals surface area contributed by atoms with Crippen LogP contribution in [0.15, 0.2) is 47.4 Å². The molecule has 0 aromatic heterocycles. The van der Waals surface area contributed by atoms with Gasteiger partial charge in [0, 0.05) is 17.3 Å². The first kappa shape index (κ1) is 17.3. The molecular weight excluding hydrogens is 349 g/mol. The zero-order valence-corrected chi connectivity index (χ0v) is 14.5. The fourth-order valence-corrected chi connectivity index (χ4v) is 3.82. The van der Waals surface area contributed by atoms with Gasteiger partial charge in [0.2, 0.25) is 0 Å². The smallest absolute Gasteiger partial charge is 0.256 e. The summed E-state index contributed by atoms with van der Waals surface area (Å²) in [5, 5.41) is 2.57. The molecule has 1 atom stereocenters. The van der Waals surface area contributed by atoms with E-state index in [1.165, 1.54) is 12.1 Å². The number of hydrogen-bond donors (Lipinski definition) is 1. The average Bonchev–Trinajstić information content (AvgIpc) is 3.11. The molecule has 0 radical (unpaired) electrons. The van der Waals surface area contributed by atoms with Gasteiger partial charge in [0.1, 0.15) is 0 Å². The Morgan fingerprint density at radius 3 is 2.92 bits per heavy atom. The first-order chi connectivity index (χ1) is 11.6. The third-order valence-corrected chi connectivity index (χ3v) is 5.28. The van der Waals surface area contributed by atoms with Gasteiger partial charge in [0.15, 0.2) is 5.82 Å². The molecule has 1 saturated heterocycles. The van der Waals surface area contributed by atoms with E-state index in [-0.39, 0.29) is 22.7 Å². The second kappa shape index (κ2) is 8.01. The summed E-state index contributed by atoms with van der Waals surface area (Å²) in [4.78, 5) is 13.4. The van der Waals surface area contributed by atoms with Crippen molar-refractivity contribution in [2.45, 2.75) is 23.8 Å². The minimum absolute atomic E-state index is 0.0196. The predicted octanol–water partition coefficient (Wildman–Crippen LogP) is 5.00. The highest BCUT2D eigenvalue weighted by Gasteiger charge is 2.18. The number of carbonyl (C=O) groups excluding carboxylic acids is 1. The lowest BCUT2D eigenvalue weighted by molar-refractivity contribution is 0.102. The first-order valence-electron chi connectivity index (χ1n) is 7.74. The topological polar surface area (TPSA) is 38.3 Å². The summed E-state index contributed by atoms with van der Waals surface area (Å²) >= 11 is 7.34. The Hall–Kier alpha value is -1.56. The molecule has 1 heterocycles. The van der Waals surface area contributed by atoms with E-state index in [4.69, 9.17) is 16.3 Å². The molecule has 0 spiro atoms. The standard InChI is InChI=1S/C18H17ClFNO2S/c19-14-7-3-8-15(17(14)20)21-18(22)13-6-1-2-9-16(13)24-11-12-5-4-10-23-12/h1-3,6-9,12H,4-5,10-11H2,(H,21,22)/t12-/m0/s1. The van der Waals surface area contributed by atoms with Crippen molar-refractivity contribution in [3.63, 3.8) is 0 Å². The normalized spacial score (nSPS) is 17.0. The number of amides is 1. The number of thioether (sulfide) groups is 1. The highest BCUT2D eigenvalue weighted by atomic mass is 35.5. The Kier molecular flexibility index (Phi) is 5.76. The van der Waals surface area contributed by atoms with Gasteiger partial charge in [0.05, 0.1) is 22.4 Å². The highest BCUT2D eigenvalue weighted by molar-refractivity contribution is 7.99. The summed E-state index contributed by atoms with van der Waals surface area (Å²) in [7, 11) is 0. The molecule has 1 aliphatic rings. The van der Waals surface area contributed by atoms with Gasteiger partial charge in [-0.05, 0) is 37.1 Å². The number of nitrogens with one attached hydrogen (secondary N) is 1. The fraction of sp³-hybridized carbons (Fsp3) is 0.278. The van der Waals surface area contributed by atoms with Crippen LogP contribution in [0.3, 0.4) is 0 Å². The number of ether oxygens (including phenoxy) is 1. The molecule has 1 amide bonds. The molecular formula is C18H17ClFNO2S. The Bertz CT molecular complexity index is 735. The van der Waals surface area contributed by atoms with Crippen LogP contribution < -0.4 is 5.32 Å². The molecule has 0 bridgehead atoms. The van der Waals surface area contributed by atoms with Crippen LogP contribution in [0, 0.1) is 5.82 Å². The molecule has 0 saturated carbocycles. The summed E-state index contributed by atoms with van der Waals surface area (Å²) in [6, 6.07) is 11.8. The summed E-state index contributed by atoms with van der Waals surface area (Å²) in [6.07, 6.45) is 2.37. The average molecular weight is 366 g/mol. The van der Waals surface area contributed by atoms with Crippen molar-refractivity contribution in [3.8, 4) is 0 Å². The largest absolute Gasteiger partial charge is 0.377 e. The van der Waals surface area contributed by atoms with Crippen molar-refractivity contribution in [2.75, 3.05) is 17.7 Å². The van der Waals surface area contributed by atoms with Crippen molar-refractivity contribution in [3.05, 3.63) is 58.9 Å². The van der Waals surface area contributed by atoms with E-state index in [1.807, 2.05) is 12.1 Å². The molecule has 1 fully saturated rings. The van der Waals surface area contributed by atoms with Crippen LogP contribution in [-0.2, 0) is 4.74 Å². The zero-order valence-electron chi connectivity index (χ0n) is 12.9. The van der Waals surface area contributed by atoms with E-state index in [1.54, 1.807) is 30.0 Å². The Morgan fingerprint density at radius 2 is 2.12 bits per heavy atom. The van der Waals surface area contributed by atoms with Gasteiger partial charge in [-0.15, -0.1) is 11.8 Å². The Labute approximate surface area is 149 Å². The maximum absolute atomic E-state index is 14.0. The van der Waals surface area contributed by atoms with Crippen LogP contribution >= 0.6 is 23.4 Å². The predicted molar refractivity (Wildman–Crippen MR) is 95.5 cm³/mol. The van der Waals surface area contributed by atoms with Crippen molar-refractivity contribution >= 4 is 35.0 Å². The van der Waals surface area contributed by atoms with Gasteiger partial charge in [0.25, 0.3) is 5.91 Å². The zero-order chi connectivity index (χ0) is 16.9. The van der Waals surface area contributed by atoms with E-state index >= 15 is 0 Å². The van der Waals surface area contributed by atoms with Crippen molar-refractivity contribution in [1.29, 1.82) is 0 Å². The maximum atomic E-state index is 14.0. The SMILES string of the molecule is O=C(Nc1cccc(Cl)c1F)c1ccccc1SC[C@@H]1CCCO1. The second-order valence-corrected chi connectivity index (χ2v) is 6.97. The van der Waals surface area contributed by atoms with Gasteiger partial charge in [-0.2, -0.15) is 0 Å². The number of rotatable bonds is 5. The van der Waals surface area contributed by atoms with Crippen LogP contribution in [0.1, 0.15) is 23.2 Å². The molecule has 1 aliphatic heterocycles. The summed E-state index contributed by atoms with van der Waals surface area (Å²) in [5.74, 6) is -0.181.